The number of nitrogens with one attached hydrogen (secondary N) is 1. The summed E-state index contributed by atoms with van der Waals surface area (Å²) in [7, 11) is 0. The van der Waals surface area contributed by atoms with Crippen molar-refractivity contribution in [1.82, 2.24) is 10.2 Å². The Morgan fingerprint density at radius 1 is 1.23 bits per heavy atom. The molecule has 2 fully saturated rings. The van der Waals surface area contributed by atoms with Crippen LogP contribution in [0.1, 0.15) is 48.2 Å². The van der Waals surface area contributed by atoms with Crippen molar-refractivity contribution in [2.75, 3.05) is 6.54 Å². The smallest absolute Gasteiger partial charge is 0.264 e. The van der Waals surface area contributed by atoms with Crippen LogP contribution in [-0.4, -0.2) is 46.6 Å². The molecule has 1 aromatic heterocycles. The Bertz CT molecular complexity index is 532. The van der Waals surface area contributed by atoms with Crippen LogP contribution in [0.4, 0.5) is 0 Å². The molecular formula is C16H22N2O3S. The molecule has 2 heterocycles. The van der Waals surface area contributed by atoms with E-state index in [1.54, 1.807) is 11.0 Å². The zero-order valence-corrected chi connectivity index (χ0v) is 13.3. The maximum absolute atomic E-state index is 12.5. The second-order valence-electron chi connectivity index (χ2n) is 6.10. The van der Waals surface area contributed by atoms with Crippen LogP contribution in [0, 0.1) is 0 Å². The number of amides is 2. The standard InChI is InChI=1S/C16H22N2O3S/c19-13-7-2-1-5-11(13)17-15(20)12-6-3-9-18(12)16(21)14-8-4-10-22-14/h4,8,10-13,19H,1-3,5-7,9H2,(H,17,20)/t11?,12-,13?/m0/s1. The van der Waals surface area contributed by atoms with Crippen molar-refractivity contribution in [1.29, 1.82) is 0 Å². The van der Waals surface area contributed by atoms with E-state index >= 15 is 0 Å². The molecule has 22 heavy (non-hydrogen) atoms. The highest BCUT2D eigenvalue weighted by atomic mass is 32.1. The second-order valence-corrected chi connectivity index (χ2v) is 7.05. The third kappa shape index (κ3) is 3.17. The molecule has 2 unspecified atom stereocenters. The number of carbonyl (C=O) groups is 2. The minimum absolute atomic E-state index is 0.0585. The minimum Gasteiger partial charge on any atom is -0.391 e. The molecule has 0 radical (unpaired) electrons. The Kier molecular flexibility index (Phi) is 4.78. The van der Waals surface area contributed by atoms with Gasteiger partial charge < -0.3 is 15.3 Å². The quantitative estimate of drug-likeness (QED) is 0.891. The summed E-state index contributed by atoms with van der Waals surface area (Å²) in [5.74, 6) is -0.176. The summed E-state index contributed by atoms with van der Waals surface area (Å²) in [4.78, 5) is 27.4. The zero-order chi connectivity index (χ0) is 15.5. The lowest BCUT2D eigenvalue weighted by Crippen LogP contribution is -2.52. The van der Waals surface area contributed by atoms with E-state index in [2.05, 4.69) is 5.32 Å². The molecule has 3 atom stereocenters. The largest absolute Gasteiger partial charge is 0.391 e. The van der Waals surface area contributed by atoms with E-state index in [9.17, 15) is 14.7 Å². The average Bonchev–Trinajstić information content (AvgIpc) is 3.20. The number of thiophene rings is 1. The summed E-state index contributed by atoms with van der Waals surface area (Å²) < 4.78 is 0. The van der Waals surface area contributed by atoms with Crippen LogP contribution in [0.15, 0.2) is 17.5 Å². The Balaban J connectivity index is 1.64. The number of hydrogen-bond acceptors (Lipinski definition) is 4. The van der Waals surface area contributed by atoms with Crippen LogP contribution in [0.3, 0.4) is 0 Å². The van der Waals surface area contributed by atoms with Crippen molar-refractivity contribution in [2.24, 2.45) is 0 Å². The first-order valence-electron chi connectivity index (χ1n) is 8.00. The number of hydrogen-bond donors (Lipinski definition) is 2. The third-order valence-corrected chi connectivity index (χ3v) is 5.46. The van der Waals surface area contributed by atoms with Crippen molar-refractivity contribution < 1.29 is 14.7 Å². The molecule has 0 spiro atoms. The fraction of sp³-hybridized carbons (Fsp3) is 0.625. The summed E-state index contributed by atoms with van der Waals surface area (Å²) in [6.07, 6.45) is 4.70. The van der Waals surface area contributed by atoms with Gasteiger partial charge in [0.2, 0.25) is 5.91 Å². The number of aliphatic hydroxyl groups excluding tert-OH is 1. The Labute approximate surface area is 134 Å². The van der Waals surface area contributed by atoms with Crippen LogP contribution < -0.4 is 5.32 Å². The average molecular weight is 322 g/mol. The maximum Gasteiger partial charge on any atom is 0.264 e. The van der Waals surface area contributed by atoms with Crippen molar-refractivity contribution in [2.45, 2.75) is 56.7 Å². The molecule has 5 nitrogen and oxygen atoms in total. The molecule has 2 N–H and O–H groups in total. The molecule has 0 bridgehead atoms. The number of likely N-dealkylation sites (tertiary alicyclic amines) is 1. The fourth-order valence-corrected chi connectivity index (χ4v) is 4.06. The number of rotatable bonds is 3. The van der Waals surface area contributed by atoms with Gasteiger partial charge in [0.25, 0.3) is 5.91 Å². The van der Waals surface area contributed by atoms with Gasteiger partial charge in [0.1, 0.15) is 6.04 Å². The molecule has 120 valence electrons. The summed E-state index contributed by atoms with van der Waals surface area (Å²) in [6.45, 7) is 0.627. The van der Waals surface area contributed by atoms with E-state index in [0.29, 0.717) is 17.8 Å². The van der Waals surface area contributed by atoms with Crippen molar-refractivity contribution >= 4 is 23.2 Å². The van der Waals surface area contributed by atoms with Gasteiger partial charge in [0, 0.05) is 6.54 Å². The van der Waals surface area contributed by atoms with Gasteiger partial charge in [-0.2, -0.15) is 0 Å². The lowest BCUT2D eigenvalue weighted by molar-refractivity contribution is -0.126. The highest BCUT2D eigenvalue weighted by Gasteiger charge is 2.36. The van der Waals surface area contributed by atoms with Crippen molar-refractivity contribution in [3.63, 3.8) is 0 Å². The number of nitrogens with zero attached hydrogens (tertiary/aromatic N) is 1. The molecule has 0 aromatic carbocycles. The fourth-order valence-electron chi connectivity index (χ4n) is 3.38. The lowest BCUT2D eigenvalue weighted by Gasteiger charge is -2.31. The van der Waals surface area contributed by atoms with E-state index in [-0.39, 0.29) is 17.9 Å². The lowest BCUT2D eigenvalue weighted by atomic mass is 9.92. The number of carbonyl (C=O) groups excluding carboxylic acids is 2. The van der Waals surface area contributed by atoms with Gasteiger partial charge in [0.15, 0.2) is 0 Å². The van der Waals surface area contributed by atoms with Crippen LogP contribution in [0.25, 0.3) is 0 Å². The van der Waals surface area contributed by atoms with E-state index in [1.165, 1.54) is 11.3 Å². The van der Waals surface area contributed by atoms with E-state index < -0.39 is 12.1 Å². The second kappa shape index (κ2) is 6.79. The number of aliphatic hydroxyl groups is 1. The molecule has 1 saturated heterocycles. The third-order valence-electron chi connectivity index (χ3n) is 4.61. The summed E-state index contributed by atoms with van der Waals surface area (Å²) in [5.41, 5.74) is 0. The molecule has 2 aliphatic rings. The van der Waals surface area contributed by atoms with Gasteiger partial charge >= 0.3 is 0 Å². The molecule has 3 rings (SSSR count). The van der Waals surface area contributed by atoms with Crippen LogP contribution >= 0.6 is 11.3 Å². The van der Waals surface area contributed by atoms with Crippen LogP contribution in [-0.2, 0) is 4.79 Å². The van der Waals surface area contributed by atoms with Crippen LogP contribution in [0.2, 0.25) is 0 Å². The molecule has 1 aromatic rings. The normalized spacial score (nSPS) is 28.6. The highest BCUT2D eigenvalue weighted by Crippen LogP contribution is 2.24. The molecule has 1 aliphatic carbocycles. The van der Waals surface area contributed by atoms with Crippen molar-refractivity contribution in [3.05, 3.63) is 22.4 Å². The molecular weight excluding hydrogens is 300 g/mol. The Hall–Kier alpha value is -1.40. The Morgan fingerprint density at radius 3 is 2.77 bits per heavy atom. The molecule has 1 aliphatic heterocycles. The Morgan fingerprint density at radius 2 is 2.05 bits per heavy atom. The SMILES string of the molecule is O=C(NC1CCCCC1O)[C@@H]1CCCN1C(=O)c1cccs1. The predicted octanol–water partition coefficient (Wildman–Crippen LogP) is 1.77. The maximum atomic E-state index is 12.5. The van der Waals surface area contributed by atoms with E-state index in [4.69, 9.17) is 0 Å². The summed E-state index contributed by atoms with van der Waals surface area (Å²) >= 11 is 1.40. The zero-order valence-electron chi connectivity index (χ0n) is 12.5. The van der Waals surface area contributed by atoms with Crippen molar-refractivity contribution in [3.8, 4) is 0 Å². The van der Waals surface area contributed by atoms with Gasteiger partial charge in [0.05, 0.1) is 17.0 Å². The van der Waals surface area contributed by atoms with Gasteiger partial charge in [-0.3, -0.25) is 9.59 Å². The topological polar surface area (TPSA) is 69.6 Å². The first-order valence-corrected chi connectivity index (χ1v) is 8.87. The monoisotopic (exact) mass is 322 g/mol. The molecule has 2 amide bonds. The summed E-state index contributed by atoms with van der Waals surface area (Å²) in [5, 5.41) is 14.8. The van der Waals surface area contributed by atoms with Gasteiger partial charge in [-0.15, -0.1) is 11.3 Å². The first kappa shape index (κ1) is 15.5. The minimum atomic E-state index is -0.458. The predicted molar refractivity (Wildman–Crippen MR) is 84.8 cm³/mol. The van der Waals surface area contributed by atoms with Gasteiger partial charge in [-0.05, 0) is 37.1 Å². The van der Waals surface area contributed by atoms with E-state index in [0.717, 1.165) is 32.1 Å². The first-order chi connectivity index (χ1) is 10.7. The summed E-state index contributed by atoms with van der Waals surface area (Å²) in [6, 6.07) is 3.08. The van der Waals surface area contributed by atoms with Gasteiger partial charge in [-0.25, -0.2) is 0 Å². The molecule has 6 heteroatoms. The highest BCUT2D eigenvalue weighted by molar-refractivity contribution is 7.12. The molecule has 1 saturated carbocycles. The van der Waals surface area contributed by atoms with Gasteiger partial charge in [-0.1, -0.05) is 18.9 Å². The van der Waals surface area contributed by atoms with E-state index in [1.807, 2.05) is 11.4 Å². The van der Waals surface area contributed by atoms with Crippen LogP contribution in [0.5, 0.6) is 0 Å².